The first-order valence-corrected chi connectivity index (χ1v) is 59.3. The van der Waals surface area contributed by atoms with Crippen LogP contribution in [0, 0.1) is 0 Å². The molecule has 11 nitrogen and oxygen atoms in total. The molecule has 0 spiro atoms. The summed E-state index contributed by atoms with van der Waals surface area (Å²) in [5.41, 5.74) is 33.1. The molecule has 0 unspecified atom stereocenters. The molecule has 0 saturated heterocycles. The van der Waals surface area contributed by atoms with E-state index in [9.17, 15) is 0 Å². The van der Waals surface area contributed by atoms with Gasteiger partial charge in [-0.3, -0.25) is 4.57 Å². The van der Waals surface area contributed by atoms with E-state index in [0.717, 1.165) is 113 Å². The first kappa shape index (κ1) is 86.0. The van der Waals surface area contributed by atoms with Gasteiger partial charge in [-0.25, -0.2) is 29.9 Å². The van der Waals surface area contributed by atoms with Gasteiger partial charge >= 0.3 is 0 Å². The molecule has 8 aromatic heterocycles. The Kier molecular flexibility index (Phi) is 19.8. The highest BCUT2D eigenvalue weighted by Crippen LogP contribution is 2.46. The number of para-hydroxylation sites is 9. The van der Waals surface area contributed by atoms with E-state index in [1.165, 1.54) is 157 Å². The smallest absolute Gasteiger partial charge is 0.162 e. The Morgan fingerprint density at radius 1 is 0.158 bits per heavy atom. The molecule has 0 N–H and O–H groups in total. The summed E-state index contributed by atoms with van der Waals surface area (Å²) >= 11 is 0. The quantitative estimate of drug-likeness (QED) is 0.120. The molecule has 19 aromatic carbocycles. The minimum absolute atomic E-state index is 0.744. The Morgan fingerprint density at radius 3 is 0.849 bits per heavy atom. The molecule has 14 heteroatoms. The van der Waals surface area contributed by atoms with Gasteiger partial charge in [0.2, 0.25) is 0 Å². The summed E-state index contributed by atoms with van der Waals surface area (Å²) in [5, 5.41) is 20.5. The lowest BCUT2D eigenvalue weighted by atomic mass is 10.0. The molecule has 146 heavy (non-hydrogen) atoms. The molecule has 30 rings (SSSR count). The van der Waals surface area contributed by atoms with Crippen molar-refractivity contribution in [2.45, 2.75) is 39.3 Å². The van der Waals surface area contributed by atoms with E-state index in [0.29, 0.717) is 0 Å². The summed E-state index contributed by atoms with van der Waals surface area (Å²) < 4.78 is 11.9. The van der Waals surface area contributed by atoms with Crippen molar-refractivity contribution in [3.8, 4) is 130 Å². The molecule has 0 amide bonds. The molecule has 690 valence electrons. The zero-order chi connectivity index (χ0) is 97.4. The van der Waals surface area contributed by atoms with Crippen LogP contribution in [0.3, 0.4) is 0 Å². The van der Waals surface area contributed by atoms with Crippen LogP contribution in [-0.4, -0.2) is 77.0 Å². The van der Waals surface area contributed by atoms with Crippen molar-refractivity contribution in [2.75, 3.05) is 0 Å². The van der Waals surface area contributed by atoms with Crippen LogP contribution in [0.4, 0.5) is 0 Å². The molecule has 3 aliphatic heterocycles. The van der Waals surface area contributed by atoms with Crippen LogP contribution in [0.15, 0.2) is 467 Å². The van der Waals surface area contributed by atoms with E-state index in [1.54, 1.807) is 0 Å². The Hall–Kier alpha value is -17.9. The summed E-state index contributed by atoms with van der Waals surface area (Å²) in [5.74, 6) is 3.26. The number of fused-ring (bicyclic) bond motifs is 24. The zero-order valence-electron chi connectivity index (χ0n) is 81.4. The van der Waals surface area contributed by atoms with Crippen LogP contribution in [0.1, 0.15) is 0 Å². The van der Waals surface area contributed by atoms with Gasteiger partial charge in [0.25, 0.3) is 0 Å². The third-order valence-corrected chi connectivity index (χ3v) is 41.5. The molecular formula is C132H95N11Si3. The maximum atomic E-state index is 5.58. The normalized spacial score (nSPS) is 13.3. The fourth-order valence-corrected chi connectivity index (χ4v) is 33.9. The standard InChI is InChI=1S/C48H34N4Si.C42H30N4Si.C42H31N3Si/c1-53(2)44-23-13-9-19-39(44)46-47(53)45(31-24-27-34(28-25-31)51-40-20-10-6-16-35(40)36-17-7-11-21-41(36)51)49-48(50-46)32-26-29-38-37-18-8-12-22-42(37)52(43(38)30-32)33-14-4-3-5-15-33;1-47(2)38-23-13-9-19-33(38)39-40(47)42(46-35-21-11-7-16-29(35)30-17-8-12-22-36(30)46)44-41(43-39)27-24-25-32-31-18-6-10-20-34(31)45(37(32)26-27)28-14-4-3-5-15-28;1-46(2)38-23-12-10-21-34(38)40-41(46)39(29-16-7-4-8-17-29)43-42(44-40)31-24-25-37-35(27-31)33-20-9-11-22-36(33)45(37)32-19-13-18-30(26-32)28-14-5-3-6-15-28/h3-30H,1-2H3;3-26H,1-2H3;3-27H,1-2H3. The SMILES string of the molecule is C[Si]1(C)c2ccccc2-c2nc(-c3ccc4c(c3)c3ccccc3n4-c3cccc(-c4ccccc4)c3)nc(-c3ccccc3)c21.C[Si]1(C)c2ccccc2-c2nc(-c3ccc4c5ccccc5n(-c5ccccc5)c4c3)nc(-c3ccc(-n4c5ccccc5c5ccccc54)cc3)c21.C[Si]1(C)c2ccccc2-c2nc(-c3ccc4c5ccccc5n(-c5ccccc5)c4c3)nc(-n3c4ccccc4c4ccccc43)c21. The van der Waals surface area contributed by atoms with Crippen molar-refractivity contribution >= 4 is 164 Å². The lowest BCUT2D eigenvalue weighted by Gasteiger charge is -2.22. The molecule has 27 aromatic rings. The number of aromatic nitrogens is 11. The van der Waals surface area contributed by atoms with Gasteiger partial charge < -0.3 is 18.3 Å². The van der Waals surface area contributed by atoms with Crippen LogP contribution < -0.4 is 31.1 Å². The molecule has 3 aliphatic rings. The van der Waals surface area contributed by atoms with E-state index in [1.807, 2.05) is 0 Å². The van der Waals surface area contributed by atoms with Gasteiger partial charge in [0, 0.05) is 110 Å². The Morgan fingerprint density at radius 2 is 0.425 bits per heavy atom. The molecule has 0 saturated carbocycles. The van der Waals surface area contributed by atoms with E-state index in [4.69, 9.17) is 29.9 Å². The van der Waals surface area contributed by atoms with Crippen molar-refractivity contribution < 1.29 is 0 Å². The van der Waals surface area contributed by atoms with Gasteiger partial charge in [0.05, 0.1) is 83.6 Å². The fraction of sp³-hybridized carbons (Fsp3) is 0.0455. The molecule has 0 aliphatic carbocycles. The van der Waals surface area contributed by atoms with Crippen molar-refractivity contribution in [1.29, 1.82) is 0 Å². The van der Waals surface area contributed by atoms with Gasteiger partial charge in [-0.1, -0.05) is 385 Å². The number of rotatable bonds is 11. The minimum atomic E-state index is -2.15. The van der Waals surface area contributed by atoms with Gasteiger partial charge in [-0.15, -0.1) is 0 Å². The zero-order valence-corrected chi connectivity index (χ0v) is 84.4. The second kappa shape index (κ2) is 33.6. The second-order valence-corrected chi connectivity index (χ2v) is 53.2. The lowest BCUT2D eigenvalue weighted by Crippen LogP contribution is -2.51. The Labute approximate surface area is 847 Å². The Balaban J connectivity index is 0.000000106. The van der Waals surface area contributed by atoms with Crippen molar-refractivity contribution in [1.82, 2.24) is 52.7 Å². The maximum Gasteiger partial charge on any atom is 0.162 e. The van der Waals surface area contributed by atoms with Gasteiger partial charge in [0.15, 0.2) is 17.5 Å². The number of hydrogen-bond donors (Lipinski definition) is 0. The first-order valence-electron chi connectivity index (χ1n) is 50.3. The molecule has 0 radical (unpaired) electrons. The maximum absolute atomic E-state index is 5.58. The number of nitrogens with zero attached hydrogens (tertiary/aromatic N) is 11. The van der Waals surface area contributed by atoms with Gasteiger partial charge in [-0.2, -0.15) is 0 Å². The lowest BCUT2D eigenvalue weighted by molar-refractivity contribution is 1.06. The van der Waals surface area contributed by atoms with Crippen LogP contribution in [0.5, 0.6) is 0 Å². The topological polar surface area (TPSA) is 102 Å². The predicted molar refractivity (Wildman–Crippen MR) is 617 cm³/mol. The summed E-state index contributed by atoms with van der Waals surface area (Å²) in [7, 11) is -6.28. The van der Waals surface area contributed by atoms with Crippen LogP contribution in [-0.2, 0) is 0 Å². The van der Waals surface area contributed by atoms with E-state index in [-0.39, 0.29) is 0 Å². The number of benzene rings is 19. The minimum Gasteiger partial charge on any atom is -0.309 e. The third-order valence-electron chi connectivity index (χ3n) is 31.0. The Bertz CT molecular complexity index is 9940. The van der Waals surface area contributed by atoms with Crippen LogP contribution in [0.2, 0.25) is 39.3 Å². The molecule has 11 heterocycles. The fourth-order valence-electron chi connectivity index (χ4n) is 24.3. The summed E-state index contributed by atoms with van der Waals surface area (Å²) in [6.07, 6.45) is 0. The van der Waals surface area contributed by atoms with Crippen molar-refractivity contribution in [3.63, 3.8) is 0 Å². The van der Waals surface area contributed by atoms with E-state index < -0.39 is 24.2 Å². The average Bonchev–Trinajstić information content (AvgIpc) is 1.56. The number of hydrogen-bond acceptors (Lipinski definition) is 6. The van der Waals surface area contributed by atoms with Crippen molar-refractivity contribution in [2.24, 2.45) is 0 Å². The monoisotopic (exact) mass is 1920 g/mol. The van der Waals surface area contributed by atoms with Crippen LogP contribution in [0.25, 0.3) is 239 Å². The summed E-state index contributed by atoms with van der Waals surface area (Å²) in [6.45, 7) is 14.6. The summed E-state index contributed by atoms with van der Waals surface area (Å²) in [6, 6.07) is 168. The van der Waals surface area contributed by atoms with E-state index in [2.05, 4.69) is 529 Å². The van der Waals surface area contributed by atoms with Gasteiger partial charge in [0.1, 0.15) is 30.0 Å². The van der Waals surface area contributed by atoms with Gasteiger partial charge in [-0.05, 0) is 175 Å². The molecule has 0 atom stereocenters. The summed E-state index contributed by atoms with van der Waals surface area (Å²) in [4.78, 5) is 32.7. The second-order valence-electron chi connectivity index (χ2n) is 40.3. The third kappa shape index (κ3) is 13.4. The highest BCUT2D eigenvalue weighted by Gasteiger charge is 2.46. The predicted octanol–water partition coefficient (Wildman–Crippen LogP) is 29.3. The molecule has 0 fully saturated rings. The first-order chi connectivity index (χ1) is 71.7. The average molecular weight is 1920 g/mol. The highest BCUT2D eigenvalue weighted by atomic mass is 28.3. The highest BCUT2D eigenvalue weighted by molar-refractivity contribution is 7.05. The molecule has 0 bridgehead atoms. The van der Waals surface area contributed by atoms with E-state index >= 15 is 0 Å². The van der Waals surface area contributed by atoms with Crippen molar-refractivity contribution in [3.05, 3.63) is 467 Å². The largest absolute Gasteiger partial charge is 0.309 e. The van der Waals surface area contributed by atoms with Crippen LogP contribution >= 0.6 is 0 Å². The molecular weight excluding hydrogens is 1820 g/mol.